The van der Waals surface area contributed by atoms with Crippen LogP contribution in [0.1, 0.15) is 36.0 Å². The van der Waals surface area contributed by atoms with Crippen LogP contribution in [0.15, 0.2) is 41.3 Å². The van der Waals surface area contributed by atoms with E-state index < -0.39 is 27.6 Å². The van der Waals surface area contributed by atoms with E-state index in [9.17, 15) is 22.0 Å². The first kappa shape index (κ1) is 20.4. The van der Waals surface area contributed by atoms with Crippen LogP contribution in [-0.4, -0.2) is 20.9 Å². The van der Waals surface area contributed by atoms with E-state index in [0.717, 1.165) is 49.4 Å². The average molecular weight is 408 g/mol. The summed E-state index contributed by atoms with van der Waals surface area (Å²) in [7, 11) is -3.70. The molecule has 0 unspecified atom stereocenters. The molecule has 0 fully saturated rings. The number of halogens is 2. The second-order valence-electron chi connectivity index (χ2n) is 6.84. The number of fused-ring (bicyclic) bond motifs is 1. The highest BCUT2D eigenvalue weighted by molar-refractivity contribution is 7.89. The summed E-state index contributed by atoms with van der Waals surface area (Å²) in [5.41, 5.74) is 2.55. The number of carbonyl (C=O) groups is 1. The topological polar surface area (TPSA) is 75.3 Å². The monoisotopic (exact) mass is 408 g/mol. The van der Waals surface area contributed by atoms with Gasteiger partial charge in [0.15, 0.2) is 0 Å². The smallest absolute Gasteiger partial charge is 0.240 e. The zero-order valence-corrected chi connectivity index (χ0v) is 16.1. The van der Waals surface area contributed by atoms with Gasteiger partial charge < -0.3 is 5.32 Å². The molecule has 150 valence electrons. The van der Waals surface area contributed by atoms with E-state index in [1.165, 1.54) is 5.56 Å². The second-order valence-corrected chi connectivity index (χ2v) is 8.61. The molecule has 28 heavy (non-hydrogen) atoms. The Morgan fingerprint density at radius 2 is 1.64 bits per heavy atom. The highest BCUT2D eigenvalue weighted by atomic mass is 32.2. The van der Waals surface area contributed by atoms with Crippen LogP contribution in [0.2, 0.25) is 0 Å². The van der Waals surface area contributed by atoms with Crippen molar-refractivity contribution in [3.63, 3.8) is 0 Å². The molecule has 0 radical (unpaired) electrons. The third-order valence-corrected chi connectivity index (χ3v) is 6.15. The van der Waals surface area contributed by atoms with Crippen molar-refractivity contribution in [2.45, 2.75) is 43.5 Å². The maximum absolute atomic E-state index is 13.1. The van der Waals surface area contributed by atoms with Crippen LogP contribution < -0.4 is 10.0 Å². The maximum atomic E-state index is 13.1. The van der Waals surface area contributed by atoms with E-state index in [2.05, 4.69) is 10.0 Å². The molecule has 2 aromatic carbocycles. The fourth-order valence-corrected chi connectivity index (χ4v) is 4.34. The Hall–Kier alpha value is -2.32. The van der Waals surface area contributed by atoms with Crippen LogP contribution in [0.3, 0.4) is 0 Å². The number of hydrogen-bond donors (Lipinski definition) is 2. The van der Waals surface area contributed by atoms with Crippen LogP contribution in [0.25, 0.3) is 0 Å². The number of rotatable bonds is 7. The number of carbonyl (C=O) groups excluding carboxylic acids is 1. The standard InChI is InChI=1S/C20H22F2N2O3S/c21-17-9-14(10-18(22)12-17)13-23-20(25)7-8-24-28(26,27)19-6-5-15-3-1-2-4-16(15)11-19/h5-6,9-12,24H,1-4,7-8,13H2,(H,23,25). The van der Waals surface area contributed by atoms with Gasteiger partial charge in [0.2, 0.25) is 15.9 Å². The van der Waals surface area contributed by atoms with Crippen LogP contribution in [0.4, 0.5) is 8.78 Å². The lowest BCUT2D eigenvalue weighted by molar-refractivity contribution is -0.121. The fraction of sp³-hybridized carbons (Fsp3) is 0.350. The predicted octanol–water partition coefficient (Wildman–Crippen LogP) is 2.83. The molecule has 0 saturated carbocycles. The normalized spacial score (nSPS) is 13.8. The lowest BCUT2D eigenvalue weighted by Gasteiger charge is -2.16. The molecule has 1 aliphatic rings. The van der Waals surface area contributed by atoms with Crippen molar-refractivity contribution in [2.24, 2.45) is 0 Å². The Kier molecular flexibility index (Phi) is 6.41. The van der Waals surface area contributed by atoms with Crippen molar-refractivity contribution in [3.05, 3.63) is 64.7 Å². The minimum absolute atomic E-state index is 0.0366. The summed E-state index contributed by atoms with van der Waals surface area (Å²) in [6.07, 6.45) is 3.94. The summed E-state index contributed by atoms with van der Waals surface area (Å²) < 4.78 is 53.5. The Labute approximate surface area is 163 Å². The van der Waals surface area contributed by atoms with Gasteiger partial charge in [0.05, 0.1) is 4.90 Å². The van der Waals surface area contributed by atoms with Gasteiger partial charge in [0.1, 0.15) is 11.6 Å². The van der Waals surface area contributed by atoms with Gasteiger partial charge in [-0.3, -0.25) is 4.79 Å². The third-order valence-electron chi connectivity index (χ3n) is 4.69. The average Bonchev–Trinajstić information content (AvgIpc) is 2.65. The maximum Gasteiger partial charge on any atom is 0.240 e. The van der Waals surface area contributed by atoms with E-state index in [1.807, 2.05) is 6.07 Å². The SMILES string of the molecule is O=C(CCNS(=O)(=O)c1ccc2c(c1)CCCC2)NCc1cc(F)cc(F)c1. The molecule has 0 saturated heterocycles. The highest BCUT2D eigenvalue weighted by Gasteiger charge is 2.17. The minimum atomic E-state index is -3.70. The van der Waals surface area contributed by atoms with Gasteiger partial charge in [-0.25, -0.2) is 21.9 Å². The molecule has 0 heterocycles. The van der Waals surface area contributed by atoms with Crippen molar-refractivity contribution in [2.75, 3.05) is 6.54 Å². The quantitative estimate of drug-likeness (QED) is 0.740. The molecular weight excluding hydrogens is 386 g/mol. The van der Waals surface area contributed by atoms with Crippen molar-refractivity contribution in [1.82, 2.24) is 10.0 Å². The van der Waals surface area contributed by atoms with Crippen molar-refractivity contribution < 1.29 is 22.0 Å². The minimum Gasteiger partial charge on any atom is -0.352 e. The Balaban J connectivity index is 1.50. The third kappa shape index (κ3) is 5.36. The van der Waals surface area contributed by atoms with Gasteiger partial charge in [0, 0.05) is 25.6 Å². The molecule has 5 nitrogen and oxygen atoms in total. The number of nitrogens with one attached hydrogen (secondary N) is 2. The molecule has 8 heteroatoms. The fourth-order valence-electron chi connectivity index (χ4n) is 3.26. The van der Waals surface area contributed by atoms with E-state index in [-0.39, 0.29) is 24.4 Å². The van der Waals surface area contributed by atoms with Crippen molar-refractivity contribution in [3.8, 4) is 0 Å². The summed E-state index contributed by atoms with van der Waals surface area (Å²) in [6, 6.07) is 8.15. The first-order valence-corrected chi connectivity index (χ1v) is 10.6. The van der Waals surface area contributed by atoms with E-state index in [0.29, 0.717) is 5.56 Å². The zero-order chi connectivity index (χ0) is 20.1. The molecule has 0 aromatic heterocycles. The van der Waals surface area contributed by atoms with Crippen LogP contribution in [0.5, 0.6) is 0 Å². The van der Waals surface area contributed by atoms with E-state index in [1.54, 1.807) is 12.1 Å². The summed E-state index contributed by atoms with van der Waals surface area (Å²) in [4.78, 5) is 12.1. The first-order valence-electron chi connectivity index (χ1n) is 9.17. The molecule has 0 bridgehead atoms. The van der Waals surface area contributed by atoms with Gasteiger partial charge in [0.25, 0.3) is 0 Å². The summed E-state index contributed by atoms with van der Waals surface area (Å²) >= 11 is 0. The number of hydrogen-bond acceptors (Lipinski definition) is 3. The molecule has 1 aliphatic carbocycles. The Morgan fingerprint density at radius 3 is 2.36 bits per heavy atom. The molecule has 0 spiro atoms. The molecule has 2 aromatic rings. The highest BCUT2D eigenvalue weighted by Crippen LogP contribution is 2.24. The van der Waals surface area contributed by atoms with E-state index >= 15 is 0 Å². The lowest BCUT2D eigenvalue weighted by atomic mass is 9.92. The summed E-state index contributed by atoms with van der Waals surface area (Å²) in [5.74, 6) is -1.86. The van der Waals surface area contributed by atoms with E-state index in [4.69, 9.17) is 0 Å². The molecule has 0 aliphatic heterocycles. The van der Waals surface area contributed by atoms with Crippen LogP contribution >= 0.6 is 0 Å². The lowest BCUT2D eigenvalue weighted by Crippen LogP contribution is -2.30. The molecular formula is C20H22F2N2O3S. The zero-order valence-electron chi connectivity index (χ0n) is 15.3. The summed E-state index contributed by atoms with van der Waals surface area (Å²) in [6.45, 7) is -0.103. The van der Waals surface area contributed by atoms with Gasteiger partial charge in [-0.1, -0.05) is 6.07 Å². The number of amides is 1. The van der Waals surface area contributed by atoms with Crippen LogP contribution in [-0.2, 0) is 34.2 Å². The van der Waals surface area contributed by atoms with Gasteiger partial charge in [-0.2, -0.15) is 0 Å². The van der Waals surface area contributed by atoms with Gasteiger partial charge in [-0.05, 0) is 66.6 Å². The number of aryl methyl sites for hydroxylation is 2. The molecule has 2 N–H and O–H groups in total. The molecule has 0 atom stereocenters. The van der Waals surface area contributed by atoms with Gasteiger partial charge in [-0.15, -0.1) is 0 Å². The summed E-state index contributed by atoms with van der Waals surface area (Å²) in [5, 5.41) is 2.51. The van der Waals surface area contributed by atoms with Crippen molar-refractivity contribution in [1.29, 1.82) is 0 Å². The van der Waals surface area contributed by atoms with Crippen LogP contribution in [0, 0.1) is 11.6 Å². The molecule has 3 rings (SSSR count). The largest absolute Gasteiger partial charge is 0.352 e. The second kappa shape index (κ2) is 8.79. The van der Waals surface area contributed by atoms with Gasteiger partial charge >= 0.3 is 0 Å². The Bertz CT molecular complexity index is 957. The predicted molar refractivity (Wildman–Crippen MR) is 101 cm³/mol. The number of sulfonamides is 1. The Morgan fingerprint density at radius 1 is 0.964 bits per heavy atom. The first-order chi connectivity index (χ1) is 13.3. The molecule has 1 amide bonds. The van der Waals surface area contributed by atoms with Crippen molar-refractivity contribution >= 4 is 15.9 Å². The number of benzene rings is 2.